The highest BCUT2D eigenvalue weighted by Gasteiger charge is 2.26. The van der Waals surface area contributed by atoms with E-state index in [-0.39, 0.29) is 11.8 Å². The van der Waals surface area contributed by atoms with Crippen LogP contribution < -0.4 is 16.0 Å². The molecule has 5 nitrogen and oxygen atoms in total. The van der Waals surface area contributed by atoms with Crippen molar-refractivity contribution in [1.82, 2.24) is 10.6 Å². The Morgan fingerprint density at radius 2 is 1.86 bits per heavy atom. The average Bonchev–Trinajstić information content (AvgIpc) is 2.45. The van der Waals surface area contributed by atoms with Crippen LogP contribution in [-0.2, 0) is 4.79 Å². The number of hydrogen-bond donors (Lipinski definition) is 3. The summed E-state index contributed by atoms with van der Waals surface area (Å²) in [5, 5.41) is 8.63. The fourth-order valence-electron chi connectivity index (χ4n) is 1.78. The van der Waals surface area contributed by atoms with Crippen LogP contribution in [0.1, 0.15) is 31.1 Å². The second kappa shape index (κ2) is 7.59. The van der Waals surface area contributed by atoms with Crippen LogP contribution in [-0.4, -0.2) is 30.4 Å². The lowest BCUT2D eigenvalue weighted by Gasteiger charge is -2.24. The molecule has 2 amide bonds. The van der Waals surface area contributed by atoms with Gasteiger partial charge in [0.2, 0.25) is 5.91 Å². The molecule has 3 N–H and O–H groups in total. The van der Waals surface area contributed by atoms with Gasteiger partial charge in [0, 0.05) is 17.8 Å². The summed E-state index contributed by atoms with van der Waals surface area (Å²) in [6.45, 7) is 10.3. The number of anilines is 1. The molecule has 0 saturated heterocycles. The fourth-order valence-corrected chi connectivity index (χ4v) is 1.78. The first-order valence-electron chi connectivity index (χ1n) is 6.96. The van der Waals surface area contributed by atoms with Crippen molar-refractivity contribution in [1.29, 1.82) is 0 Å². The maximum atomic E-state index is 12.1. The molecule has 0 bridgehead atoms. The molecule has 0 spiro atoms. The first kappa shape index (κ1) is 16.9. The van der Waals surface area contributed by atoms with E-state index in [1.165, 1.54) is 0 Å². The summed E-state index contributed by atoms with van der Waals surface area (Å²) >= 11 is 0. The smallest absolute Gasteiger partial charge is 0.251 e. The SMILES string of the molecule is C=CCNC(=O)c1ccc(NC(=O)C(C)(C)NCC)cc1. The highest BCUT2D eigenvalue weighted by Crippen LogP contribution is 2.12. The molecule has 1 aromatic rings. The predicted molar refractivity (Wildman–Crippen MR) is 85.4 cm³/mol. The number of likely N-dealkylation sites (N-methyl/N-ethyl adjacent to an activating group) is 1. The number of carbonyl (C=O) groups excluding carboxylic acids is 2. The molecule has 0 aromatic heterocycles. The van der Waals surface area contributed by atoms with Gasteiger partial charge < -0.3 is 16.0 Å². The van der Waals surface area contributed by atoms with Crippen LogP contribution in [0.5, 0.6) is 0 Å². The number of benzene rings is 1. The van der Waals surface area contributed by atoms with Crippen molar-refractivity contribution in [3.63, 3.8) is 0 Å². The van der Waals surface area contributed by atoms with Crippen LogP contribution in [0.3, 0.4) is 0 Å². The van der Waals surface area contributed by atoms with E-state index in [0.717, 1.165) is 0 Å². The number of nitrogens with one attached hydrogen (secondary N) is 3. The predicted octanol–water partition coefficient (Wildman–Crippen LogP) is 1.93. The second-order valence-corrected chi connectivity index (χ2v) is 5.19. The summed E-state index contributed by atoms with van der Waals surface area (Å²) in [7, 11) is 0. The molecule has 114 valence electrons. The van der Waals surface area contributed by atoms with Crippen molar-refractivity contribution < 1.29 is 9.59 Å². The van der Waals surface area contributed by atoms with Crippen molar-refractivity contribution in [3.05, 3.63) is 42.5 Å². The molecule has 0 saturated carbocycles. The highest BCUT2D eigenvalue weighted by molar-refractivity contribution is 5.98. The lowest BCUT2D eigenvalue weighted by atomic mass is 10.0. The molecule has 1 rings (SSSR count). The molecule has 0 heterocycles. The largest absolute Gasteiger partial charge is 0.349 e. The molecule has 1 aromatic carbocycles. The first-order chi connectivity index (χ1) is 9.90. The molecule has 0 unspecified atom stereocenters. The molecule has 0 radical (unpaired) electrons. The van der Waals surface area contributed by atoms with Gasteiger partial charge >= 0.3 is 0 Å². The van der Waals surface area contributed by atoms with Crippen LogP contribution in [0.25, 0.3) is 0 Å². The average molecular weight is 289 g/mol. The van der Waals surface area contributed by atoms with Crippen LogP contribution >= 0.6 is 0 Å². The third-order valence-electron chi connectivity index (χ3n) is 3.00. The van der Waals surface area contributed by atoms with E-state index in [9.17, 15) is 9.59 Å². The highest BCUT2D eigenvalue weighted by atomic mass is 16.2. The van der Waals surface area contributed by atoms with Crippen molar-refractivity contribution in [2.24, 2.45) is 0 Å². The third kappa shape index (κ3) is 5.04. The zero-order chi connectivity index (χ0) is 15.9. The van der Waals surface area contributed by atoms with E-state index >= 15 is 0 Å². The van der Waals surface area contributed by atoms with Crippen molar-refractivity contribution in [2.45, 2.75) is 26.3 Å². The van der Waals surface area contributed by atoms with Gasteiger partial charge in [0.25, 0.3) is 5.91 Å². The van der Waals surface area contributed by atoms with Crippen LogP contribution in [0.2, 0.25) is 0 Å². The van der Waals surface area contributed by atoms with Gasteiger partial charge in [0.1, 0.15) is 0 Å². The lowest BCUT2D eigenvalue weighted by Crippen LogP contribution is -2.49. The van der Waals surface area contributed by atoms with Gasteiger partial charge in [-0.3, -0.25) is 9.59 Å². The quantitative estimate of drug-likeness (QED) is 0.672. The number of amides is 2. The van der Waals surface area contributed by atoms with Gasteiger partial charge in [-0.2, -0.15) is 0 Å². The van der Waals surface area contributed by atoms with Gasteiger partial charge in [-0.15, -0.1) is 6.58 Å². The van der Waals surface area contributed by atoms with Gasteiger partial charge in [0.05, 0.1) is 5.54 Å². The Bertz CT molecular complexity index is 507. The van der Waals surface area contributed by atoms with Crippen molar-refractivity contribution in [2.75, 3.05) is 18.4 Å². The van der Waals surface area contributed by atoms with Crippen LogP contribution in [0, 0.1) is 0 Å². The molecule has 0 fully saturated rings. The minimum Gasteiger partial charge on any atom is -0.349 e. The van der Waals surface area contributed by atoms with Crippen molar-refractivity contribution in [3.8, 4) is 0 Å². The molecule has 0 aliphatic heterocycles. The lowest BCUT2D eigenvalue weighted by molar-refractivity contribution is -0.121. The fraction of sp³-hybridized carbons (Fsp3) is 0.375. The maximum Gasteiger partial charge on any atom is 0.251 e. The van der Waals surface area contributed by atoms with E-state index < -0.39 is 5.54 Å². The minimum absolute atomic E-state index is 0.117. The summed E-state index contributed by atoms with van der Waals surface area (Å²) in [5.41, 5.74) is 0.557. The summed E-state index contributed by atoms with van der Waals surface area (Å²) in [6, 6.07) is 6.77. The van der Waals surface area contributed by atoms with E-state index in [2.05, 4.69) is 22.5 Å². The maximum absolute atomic E-state index is 12.1. The Hall–Kier alpha value is -2.14. The van der Waals surface area contributed by atoms with E-state index in [4.69, 9.17) is 0 Å². The Balaban J connectivity index is 2.68. The Kier molecular flexibility index (Phi) is 6.11. The zero-order valence-corrected chi connectivity index (χ0v) is 12.8. The van der Waals surface area contributed by atoms with Crippen molar-refractivity contribution >= 4 is 17.5 Å². The van der Waals surface area contributed by atoms with Gasteiger partial charge in [-0.25, -0.2) is 0 Å². The molecular weight excluding hydrogens is 266 g/mol. The number of rotatable bonds is 7. The van der Waals surface area contributed by atoms with Gasteiger partial charge in [-0.1, -0.05) is 13.0 Å². The standard InChI is InChI=1S/C16H23N3O2/c1-5-11-17-14(20)12-7-9-13(10-8-12)19-15(21)16(3,4)18-6-2/h5,7-10,18H,1,6,11H2,2-4H3,(H,17,20)(H,19,21). The topological polar surface area (TPSA) is 70.2 Å². The molecular formula is C16H23N3O2. The van der Waals surface area contributed by atoms with Crippen LogP contribution in [0.4, 0.5) is 5.69 Å². The molecule has 0 aliphatic carbocycles. The summed E-state index contributed by atoms with van der Waals surface area (Å²) in [5.74, 6) is -0.283. The molecule has 21 heavy (non-hydrogen) atoms. The Morgan fingerprint density at radius 3 is 2.38 bits per heavy atom. The minimum atomic E-state index is -0.644. The first-order valence-corrected chi connectivity index (χ1v) is 6.96. The zero-order valence-electron chi connectivity index (χ0n) is 12.8. The Morgan fingerprint density at radius 1 is 1.24 bits per heavy atom. The van der Waals surface area contributed by atoms with E-state index in [1.54, 1.807) is 30.3 Å². The third-order valence-corrected chi connectivity index (χ3v) is 3.00. The summed E-state index contributed by atoms with van der Waals surface area (Å²) in [6.07, 6.45) is 1.62. The Labute approximate surface area is 125 Å². The number of hydrogen-bond acceptors (Lipinski definition) is 3. The van der Waals surface area contributed by atoms with E-state index in [1.807, 2.05) is 20.8 Å². The van der Waals surface area contributed by atoms with Gasteiger partial charge in [-0.05, 0) is 44.7 Å². The molecule has 0 atom stereocenters. The summed E-state index contributed by atoms with van der Waals surface area (Å²) < 4.78 is 0. The van der Waals surface area contributed by atoms with E-state index in [0.29, 0.717) is 24.3 Å². The summed E-state index contributed by atoms with van der Waals surface area (Å²) in [4.78, 5) is 23.8. The second-order valence-electron chi connectivity index (χ2n) is 5.19. The molecule has 0 aliphatic rings. The van der Waals surface area contributed by atoms with Gasteiger partial charge in [0.15, 0.2) is 0 Å². The molecule has 5 heteroatoms. The monoisotopic (exact) mass is 289 g/mol. The normalized spacial score (nSPS) is 10.8. The van der Waals surface area contributed by atoms with Crippen LogP contribution in [0.15, 0.2) is 36.9 Å². The number of carbonyl (C=O) groups is 2.